The Hall–Kier alpha value is -1.59. The second-order valence-corrected chi connectivity index (χ2v) is 4.58. The Bertz CT molecular complexity index is 305. The molecule has 0 radical (unpaired) electrons. The third-order valence-electron chi connectivity index (χ3n) is 2.73. The number of nitrogens with zero attached hydrogens (tertiary/aromatic N) is 1. The van der Waals surface area contributed by atoms with Gasteiger partial charge in [-0.05, 0) is 19.3 Å². The first-order chi connectivity index (χ1) is 8.97. The topological polar surface area (TPSA) is 86.7 Å². The first kappa shape index (κ1) is 17.4. The zero-order valence-corrected chi connectivity index (χ0v) is 11.8. The molecule has 0 heterocycles. The molecule has 0 aromatic rings. The Labute approximate surface area is 114 Å². The normalized spacial score (nSPS) is 10.0. The van der Waals surface area contributed by atoms with E-state index in [0.717, 1.165) is 19.3 Å². The number of amides is 3. The van der Waals surface area contributed by atoms with Gasteiger partial charge in [-0.2, -0.15) is 0 Å². The van der Waals surface area contributed by atoms with Crippen LogP contribution in [0.3, 0.4) is 0 Å². The minimum atomic E-state index is -0.868. The summed E-state index contributed by atoms with van der Waals surface area (Å²) in [6.45, 7) is 2.71. The number of aliphatic carboxylic acids is 1. The largest absolute Gasteiger partial charge is 0.481 e. The van der Waals surface area contributed by atoms with Gasteiger partial charge in [0, 0.05) is 26.4 Å². The van der Waals surface area contributed by atoms with Gasteiger partial charge in [0.15, 0.2) is 0 Å². The van der Waals surface area contributed by atoms with Gasteiger partial charge < -0.3 is 10.0 Å². The molecule has 0 saturated carbocycles. The van der Waals surface area contributed by atoms with Crippen LogP contribution in [0.25, 0.3) is 0 Å². The molecule has 0 bridgehead atoms. The van der Waals surface area contributed by atoms with Crippen molar-refractivity contribution in [3.05, 3.63) is 0 Å². The molecular weight excluding hydrogens is 248 g/mol. The molecule has 0 aromatic carbocycles. The van der Waals surface area contributed by atoms with E-state index in [0.29, 0.717) is 19.4 Å². The lowest BCUT2D eigenvalue weighted by Gasteiger charge is -2.16. The van der Waals surface area contributed by atoms with Crippen molar-refractivity contribution in [2.24, 2.45) is 0 Å². The maximum Gasteiger partial charge on any atom is 0.323 e. The first-order valence-corrected chi connectivity index (χ1v) is 6.74. The zero-order valence-electron chi connectivity index (χ0n) is 11.8. The van der Waals surface area contributed by atoms with Gasteiger partial charge in [-0.1, -0.05) is 19.8 Å². The summed E-state index contributed by atoms with van der Waals surface area (Å²) >= 11 is 0. The minimum Gasteiger partial charge on any atom is -0.481 e. The number of imide groups is 1. The maximum atomic E-state index is 11.6. The number of hydrogen-bond acceptors (Lipinski definition) is 3. The van der Waals surface area contributed by atoms with Gasteiger partial charge in [0.25, 0.3) is 0 Å². The molecule has 0 rings (SSSR count). The Morgan fingerprint density at radius 1 is 1.05 bits per heavy atom. The van der Waals surface area contributed by atoms with Crippen LogP contribution in [-0.4, -0.2) is 41.5 Å². The van der Waals surface area contributed by atoms with Crippen LogP contribution in [0.5, 0.6) is 0 Å². The highest BCUT2D eigenvalue weighted by Gasteiger charge is 2.11. The van der Waals surface area contributed by atoms with Crippen LogP contribution in [-0.2, 0) is 9.59 Å². The lowest BCUT2D eigenvalue weighted by atomic mass is 10.2. The average Bonchev–Trinajstić information content (AvgIpc) is 2.34. The number of carboxylic acids is 1. The van der Waals surface area contributed by atoms with Crippen molar-refractivity contribution in [2.75, 3.05) is 13.6 Å². The van der Waals surface area contributed by atoms with E-state index in [1.807, 2.05) is 0 Å². The molecular formula is C13H24N2O4. The molecule has 0 aromatic heterocycles. The Morgan fingerprint density at radius 3 is 2.26 bits per heavy atom. The molecule has 0 atom stereocenters. The van der Waals surface area contributed by atoms with Crippen LogP contribution in [0.15, 0.2) is 0 Å². The maximum absolute atomic E-state index is 11.6. The monoisotopic (exact) mass is 272 g/mol. The summed E-state index contributed by atoms with van der Waals surface area (Å²) in [5, 5.41) is 10.7. The number of urea groups is 1. The van der Waals surface area contributed by atoms with E-state index in [1.165, 1.54) is 4.90 Å². The van der Waals surface area contributed by atoms with Crippen molar-refractivity contribution in [1.82, 2.24) is 10.2 Å². The van der Waals surface area contributed by atoms with Crippen molar-refractivity contribution < 1.29 is 19.5 Å². The van der Waals surface area contributed by atoms with E-state index in [9.17, 15) is 14.4 Å². The minimum absolute atomic E-state index is 0.0537. The molecule has 0 unspecified atom stereocenters. The van der Waals surface area contributed by atoms with E-state index < -0.39 is 5.97 Å². The molecule has 19 heavy (non-hydrogen) atoms. The van der Waals surface area contributed by atoms with Crippen LogP contribution < -0.4 is 5.32 Å². The molecule has 6 heteroatoms. The second-order valence-electron chi connectivity index (χ2n) is 4.58. The van der Waals surface area contributed by atoms with Gasteiger partial charge in [-0.3, -0.25) is 14.9 Å². The second kappa shape index (κ2) is 10.3. The summed E-state index contributed by atoms with van der Waals surface area (Å²) in [5.41, 5.74) is 0. The highest BCUT2D eigenvalue weighted by molar-refractivity contribution is 5.94. The van der Waals surface area contributed by atoms with Gasteiger partial charge >= 0.3 is 12.0 Å². The number of carboxylic acid groups (broad SMARTS) is 1. The highest BCUT2D eigenvalue weighted by Crippen LogP contribution is 2.00. The zero-order chi connectivity index (χ0) is 14.7. The van der Waals surface area contributed by atoms with E-state index in [-0.39, 0.29) is 24.8 Å². The van der Waals surface area contributed by atoms with E-state index in [1.54, 1.807) is 7.05 Å². The molecule has 0 fully saturated rings. The van der Waals surface area contributed by atoms with Crippen molar-refractivity contribution in [3.63, 3.8) is 0 Å². The van der Waals surface area contributed by atoms with Crippen molar-refractivity contribution >= 4 is 17.9 Å². The third-order valence-corrected chi connectivity index (χ3v) is 2.73. The van der Waals surface area contributed by atoms with Crippen molar-refractivity contribution in [3.8, 4) is 0 Å². The lowest BCUT2D eigenvalue weighted by Crippen LogP contribution is -2.41. The SMILES string of the molecule is CCCCCN(C)C(=O)NC(=O)CCCCC(=O)O. The Kier molecular flexibility index (Phi) is 9.48. The smallest absolute Gasteiger partial charge is 0.323 e. The molecule has 3 amide bonds. The fourth-order valence-electron chi connectivity index (χ4n) is 1.54. The van der Waals surface area contributed by atoms with E-state index in [2.05, 4.69) is 12.2 Å². The van der Waals surface area contributed by atoms with Crippen LogP contribution in [0, 0.1) is 0 Å². The van der Waals surface area contributed by atoms with Gasteiger partial charge in [-0.15, -0.1) is 0 Å². The summed E-state index contributed by atoms with van der Waals surface area (Å²) in [6.07, 6.45) is 4.22. The number of carbonyl (C=O) groups excluding carboxylic acids is 2. The quantitative estimate of drug-likeness (QED) is 0.628. The number of unbranched alkanes of at least 4 members (excludes halogenated alkanes) is 3. The summed E-state index contributed by atoms with van der Waals surface area (Å²) < 4.78 is 0. The molecule has 6 nitrogen and oxygen atoms in total. The van der Waals surface area contributed by atoms with Crippen molar-refractivity contribution in [1.29, 1.82) is 0 Å². The van der Waals surface area contributed by atoms with E-state index >= 15 is 0 Å². The van der Waals surface area contributed by atoms with Gasteiger partial charge in [0.05, 0.1) is 0 Å². The molecule has 0 aliphatic heterocycles. The number of hydrogen-bond donors (Lipinski definition) is 2. The number of carbonyl (C=O) groups is 3. The molecule has 0 spiro atoms. The lowest BCUT2D eigenvalue weighted by molar-refractivity contribution is -0.137. The van der Waals surface area contributed by atoms with Crippen LogP contribution in [0.4, 0.5) is 4.79 Å². The standard InChI is InChI=1S/C13H24N2O4/c1-3-4-7-10-15(2)13(19)14-11(16)8-5-6-9-12(17)18/h3-10H2,1-2H3,(H,17,18)(H,14,16,19). The van der Waals surface area contributed by atoms with Crippen LogP contribution >= 0.6 is 0 Å². The van der Waals surface area contributed by atoms with E-state index in [4.69, 9.17) is 5.11 Å². The van der Waals surface area contributed by atoms with Crippen LogP contribution in [0.2, 0.25) is 0 Å². The molecule has 110 valence electrons. The first-order valence-electron chi connectivity index (χ1n) is 6.74. The summed E-state index contributed by atoms with van der Waals surface area (Å²) in [7, 11) is 1.66. The Balaban J connectivity index is 3.73. The molecule has 0 aliphatic rings. The number of rotatable bonds is 9. The predicted molar refractivity (Wildman–Crippen MR) is 71.8 cm³/mol. The number of nitrogens with one attached hydrogen (secondary N) is 1. The third kappa shape index (κ3) is 10.1. The highest BCUT2D eigenvalue weighted by atomic mass is 16.4. The molecule has 0 aliphatic carbocycles. The van der Waals surface area contributed by atoms with Crippen molar-refractivity contribution in [2.45, 2.75) is 51.9 Å². The van der Waals surface area contributed by atoms with Gasteiger partial charge in [-0.25, -0.2) is 4.79 Å². The Morgan fingerprint density at radius 2 is 1.68 bits per heavy atom. The predicted octanol–water partition coefficient (Wildman–Crippen LogP) is 1.99. The summed E-state index contributed by atoms with van der Waals surface area (Å²) in [4.78, 5) is 34.8. The summed E-state index contributed by atoms with van der Waals surface area (Å²) in [5.74, 6) is -1.22. The van der Waals surface area contributed by atoms with Gasteiger partial charge in [0.2, 0.25) is 5.91 Å². The van der Waals surface area contributed by atoms with Gasteiger partial charge in [0.1, 0.15) is 0 Å². The average molecular weight is 272 g/mol. The fourth-order valence-corrected chi connectivity index (χ4v) is 1.54. The molecule has 2 N–H and O–H groups in total. The van der Waals surface area contributed by atoms with Crippen LogP contribution in [0.1, 0.15) is 51.9 Å². The summed E-state index contributed by atoms with van der Waals surface area (Å²) in [6, 6.07) is -0.390. The fraction of sp³-hybridized carbons (Fsp3) is 0.769. The molecule has 0 saturated heterocycles.